The van der Waals surface area contributed by atoms with Crippen LogP contribution in [0, 0.1) is 6.92 Å². The van der Waals surface area contributed by atoms with Crippen LogP contribution in [0.15, 0.2) is 16.6 Å². The van der Waals surface area contributed by atoms with Gasteiger partial charge in [-0.3, -0.25) is 0 Å². The number of carbonyl (C=O) groups excluding carboxylic acids is 1. The van der Waals surface area contributed by atoms with Gasteiger partial charge in [0.1, 0.15) is 5.75 Å². The lowest BCUT2D eigenvalue weighted by atomic mass is 10.0. The van der Waals surface area contributed by atoms with E-state index < -0.39 is 12.1 Å². The molecule has 0 saturated heterocycles. The van der Waals surface area contributed by atoms with Crippen LogP contribution < -0.4 is 4.74 Å². The summed E-state index contributed by atoms with van der Waals surface area (Å²) >= 11 is 3.35. The molecule has 1 atom stereocenters. The number of rotatable bonds is 4. The minimum atomic E-state index is -1.29. The number of hydrogen-bond donors (Lipinski definition) is 1. The van der Waals surface area contributed by atoms with Crippen molar-refractivity contribution in [3.8, 4) is 5.75 Å². The fourth-order valence-corrected chi connectivity index (χ4v) is 1.88. The molecule has 17 heavy (non-hydrogen) atoms. The quantitative estimate of drug-likeness (QED) is 0.868. The van der Waals surface area contributed by atoms with Gasteiger partial charge in [-0.15, -0.1) is 0 Å². The van der Waals surface area contributed by atoms with Crippen molar-refractivity contribution in [2.75, 3.05) is 13.7 Å². The second-order valence-electron chi connectivity index (χ2n) is 3.48. The third-order valence-corrected chi connectivity index (χ3v) is 3.22. The van der Waals surface area contributed by atoms with Crippen molar-refractivity contribution in [2.24, 2.45) is 0 Å². The Morgan fingerprint density at radius 3 is 2.71 bits per heavy atom. The standard InChI is InChI=1S/C12H15BrO4/c1-4-17-12(15)11(14)9-5-8(16-3)6-10(13)7(9)2/h5-6,11,14H,4H2,1-3H3. The molecule has 0 heterocycles. The Morgan fingerprint density at radius 1 is 1.53 bits per heavy atom. The second-order valence-corrected chi connectivity index (χ2v) is 4.33. The number of hydrogen-bond acceptors (Lipinski definition) is 4. The van der Waals surface area contributed by atoms with Crippen molar-refractivity contribution in [3.05, 3.63) is 27.7 Å². The molecule has 0 aromatic heterocycles. The molecule has 1 unspecified atom stereocenters. The smallest absolute Gasteiger partial charge is 0.339 e. The van der Waals surface area contributed by atoms with Gasteiger partial charge in [0, 0.05) is 4.47 Å². The maximum Gasteiger partial charge on any atom is 0.339 e. The molecule has 94 valence electrons. The van der Waals surface area contributed by atoms with Crippen LogP contribution in [0.1, 0.15) is 24.2 Å². The third kappa shape index (κ3) is 3.20. The van der Waals surface area contributed by atoms with E-state index in [4.69, 9.17) is 9.47 Å². The summed E-state index contributed by atoms with van der Waals surface area (Å²) in [7, 11) is 1.53. The number of methoxy groups -OCH3 is 1. The Morgan fingerprint density at radius 2 is 2.18 bits per heavy atom. The molecular formula is C12H15BrO4. The molecule has 0 aliphatic heterocycles. The molecule has 0 spiro atoms. The molecule has 0 bridgehead atoms. The van der Waals surface area contributed by atoms with Crippen LogP contribution in [-0.4, -0.2) is 24.8 Å². The second kappa shape index (κ2) is 6.02. The van der Waals surface area contributed by atoms with Gasteiger partial charge < -0.3 is 14.6 Å². The molecule has 1 aromatic carbocycles. The molecule has 0 aliphatic rings. The Labute approximate surface area is 109 Å². The number of benzene rings is 1. The summed E-state index contributed by atoms with van der Waals surface area (Å²) in [6, 6.07) is 3.40. The van der Waals surface area contributed by atoms with E-state index in [-0.39, 0.29) is 6.61 Å². The monoisotopic (exact) mass is 302 g/mol. The fourth-order valence-electron chi connectivity index (χ4n) is 1.42. The number of aliphatic hydroxyl groups excluding tert-OH is 1. The van der Waals surface area contributed by atoms with Gasteiger partial charge in [0.25, 0.3) is 0 Å². The lowest BCUT2D eigenvalue weighted by Gasteiger charge is -2.15. The Bertz CT molecular complexity index is 417. The molecule has 0 saturated carbocycles. The van der Waals surface area contributed by atoms with Crippen LogP contribution in [0.3, 0.4) is 0 Å². The van der Waals surface area contributed by atoms with Crippen molar-refractivity contribution in [1.29, 1.82) is 0 Å². The minimum absolute atomic E-state index is 0.236. The lowest BCUT2D eigenvalue weighted by Crippen LogP contribution is -2.16. The maximum atomic E-state index is 11.5. The molecule has 0 fully saturated rings. The third-order valence-electron chi connectivity index (χ3n) is 2.40. The zero-order valence-electron chi connectivity index (χ0n) is 9.99. The molecular weight excluding hydrogens is 288 g/mol. The van der Waals surface area contributed by atoms with Crippen LogP contribution in [-0.2, 0) is 9.53 Å². The van der Waals surface area contributed by atoms with Gasteiger partial charge in [-0.2, -0.15) is 0 Å². The van der Waals surface area contributed by atoms with E-state index in [2.05, 4.69) is 15.9 Å². The molecule has 0 aliphatic carbocycles. The fraction of sp³-hybridized carbons (Fsp3) is 0.417. The van der Waals surface area contributed by atoms with E-state index in [0.717, 1.165) is 10.0 Å². The topological polar surface area (TPSA) is 55.8 Å². The van der Waals surface area contributed by atoms with Crippen LogP contribution in [0.2, 0.25) is 0 Å². The first-order valence-electron chi connectivity index (χ1n) is 5.20. The van der Waals surface area contributed by atoms with Gasteiger partial charge in [-0.25, -0.2) is 4.79 Å². The SMILES string of the molecule is CCOC(=O)C(O)c1cc(OC)cc(Br)c1C. The van der Waals surface area contributed by atoms with Crippen LogP contribution in [0.5, 0.6) is 5.75 Å². The van der Waals surface area contributed by atoms with Gasteiger partial charge in [-0.05, 0) is 37.1 Å². The summed E-state index contributed by atoms with van der Waals surface area (Å²) in [4.78, 5) is 11.5. The van der Waals surface area contributed by atoms with Crippen LogP contribution in [0.4, 0.5) is 0 Å². The van der Waals surface area contributed by atoms with Gasteiger partial charge in [-0.1, -0.05) is 15.9 Å². The number of halogens is 1. The van der Waals surface area contributed by atoms with E-state index in [1.165, 1.54) is 7.11 Å². The Balaban J connectivity index is 3.11. The summed E-state index contributed by atoms with van der Waals surface area (Å²) < 4.78 is 10.6. The molecule has 1 N–H and O–H groups in total. The van der Waals surface area contributed by atoms with Gasteiger partial charge >= 0.3 is 5.97 Å². The summed E-state index contributed by atoms with van der Waals surface area (Å²) in [5.74, 6) is -0.0865. The van der Waals surface area contributed by atoms with E-state index in [1.54, 1.807) is 26.0 Å². The largest absolute Gasteiger partial charge is 0.497 e. The molecule has 0 amide bonds. The predicted octanol–water partition coefficient (Wildman–Crippen LogP) is 2.36. The highest BCUT2D eigenvalue weighted by molar-refractivity contribution is 9.10. The van der Waals surface area contributed by atoms with E-state index >= 15 is 0 Å². The van der Waals surface area contributed by atoms with Crippen molar-refractivity contribution in [2.45, 2.75) is 20.0 Å². The highest BCUT2D eigenvalue weighted by Crippen LogP contribution is 2.30. The first-order chi connectivity index (χ1) is 8.01. The Kier molecular flexibility index (Phi) is 4.96. The molecule has 1 rings (SSSR count). The summed E-state index contributed by atoms with van der Waals surface area (Å²) in [6.45, 7) is 3.74. The Hall–Kier alpha value is -1.07. The predicted molar refractivity (Wildman–Crippen MR) is 67.0 cm³/mol. The molecule has 0 radical (unpaired) electrons. The van der Waals surface area contributed by atoms with Gasteiger partial charge in [0.2, 0.25) is 0 Å². The first kappa shape index (κ1) is 14.0. The molecule has 5 heteroatoms. The van der Waals surface area contributed by atoms with Crippen LogP contribution >= 0.6 is 15.9 Å². The summed E-state index contributed by atoms with van der Waals surface area (Å²) in [6.07, 6.45) is -1.29. The van der Waals surface area contributed by atoms with E-state index in [0.29, 0.717) is 11.3 Å². The van der Waals surface area contributed by atoms with Crippen molar-refractivity contribution >= 4 is 21.9 Å². The average Bonchev–Trinajstić information content (AvgIpc) is 2.31. The number of esters is 1. The van der Waals surface area contributed by atoms with Crippen molar-refractivity contribution in [3.63, 3.8) is 0 Å². The van der Waals surface area contributed by atoms with E-state index in [9.17, 15) is 9.90 Å². The zero-order valence-corrected chi connectivity index (χ0v) is 11.6. The summed E-state index contributed by atoms with van der Waals surface area (Å²) in [5, 5.41) is 9.89. The first-order valence-corrected chi connectivity index (χ1v) is 5.99. The average molecular weight is 303 g/mol. The van der Waals surface area contributed by atoms with Crippen molar-refractivity contribution in [1.82, 2.24) is 0 Å². The number of ether oxygens (including phenoxy) is 2. The van der Waals surface area contributed by atoms with Crippen molar-refractivity contribution < 1.29 is 19.4 Å². The summed E-state index contributed by atoms with van der Waals surface area (Å²) in [5.41, 5.74) is 1.26. The molecule has 1 aromatic rings. The number of carbonyl (C=O) groups is 1. The molecule has 4 nitrogen and oxygen atoms in total. The normalized spacial score (nSPS) is 12.1. The van der Waals surface area contributed by atoms with Crippen LogP contribution in [0.25, 0.3) is 0 Å². The van der Waals surface area contributed by atoms with Gasteiger partial charge in [0.05, 0.1) is 13.7 Å². The highest BCUT2D eigenvalue weighted by atomic mass is 79.9. The minimum Gasteiger partial charge on any atom is -0.497 e. The van der Waals surface area contributed by atoms with E-state index in [1.807, 2.05) is 0 Å². The highest BCUT2D eigenvalue weighted by Gasteiger charge is 2.22. The number of aliphatic hydroxyl groups is 1. The maximum absolute atomic E-state index is 11.5. The zero-order chi connectivity index (χ0) is 13.0. The van der Waals surface area contributed by atoms with Gasteiger partial charge in [0.15, 0.2) is 6.10 Å². The lowest BCUT2D eigenvalue weighted by molar-refractivity contribution is -0.153.